The molecular weight excluding hydrogens is 302 g/mol. The van der Waals surface area contributed by atoms with Gasteiger partial charge in [0, 0.05) is 16.5 Å². The minimum absolute atomic E-state index is 0.0574. The molecule has 4 heteroatoms. The lowest BCUT2D eigenvalue weighted by Gasteiger charge is -2.05. The van der Waals surface area contributed by atoms with Gasteiger partial charge >= 0.3 is 0 Å². The van der Waals surface area contributed by atoms with Gasteiger partial charge in [0.2, 0.25) is 5.91 Å². The van der Waals surface area contributed by atoms with Crippen LogP contribution in [0, 0.1) is 0 Å². The minimum atomic E-state index is 0.0574. The number of thioether (sulfide) groups is 1. The molecule has 1 N–H and O–H groups in total. The molecule has 2 nitrogen and oxygen atoms in total. The molecule has 1 amide bonds. The van der Waals surface area contributed by atoms with E-state index in [-0.39, 0.29) is 5.91 Å². The highest BCUT2D eigenvalue weighted by Crippen LogP contribution is 2.17. The molecule has 0 aliphatic carbocycles. The highest BCUT2D eigenvalue weighted by molar-refractivity contribution is 7.99. The van der Waals surface area contributed by atoms with E-state index in [1.807, 2.05) is 42.1 Å². The van der Waals surface area contributed by atoms with Crippen LogP contribution in [0.25, 0.3) is 0 Å². The fraction of sp³-hybridized carbons (Fsp3) is 0.235. The van der Waals surface area contributed by atoms with Crippen molar-refractivity contribution < 1.29 is 4.79 Å². The number of halogens is 1. The molecule has 2 aromatic rings. The number of benzene rings is 2. The Labute approximate surface area is 134 Å². The van der Waals surface area contributed by atoms with Crippen molar-refractivity contribution in [1.29, 1.82) is 0 Å². The van der Waals surface area contributed by atoms with E-state index in [4.69, 9.17) is 11.6 Å². The maximum Gasteiger partial charge on any atom is 0.224 e. The van der Waals surface area contributed by atoms with Crippen LogP contribution in [-0.4, -0.2) is 18.2 Å². The fourth-order valence-electron chi connectivity index (χ4n) is 1.86. The smallest absolute Gasteiger partial charge is 0.224 e. The molecule has 0 unspecified atom stereocenters. The van der Waals surface area contributed by atoms with Crippen molar-refractivity contribution in [2.75, 3.05) is 12.3 Å². The van der Waals surface area contributed by atoms with Crippen LogP contribution in [0.4, 0.5) is 0 Å². The molecule has 0 radical (unpaired) electrons. The molecule has 0 spiro atoms. The second kappa shape index (κ2) is 8.75. The molecule has 21 heavy (non-hydrogen) atoms. The summed E-state index contributed by atoms with van der Waals surface area (Å²) in [6, 6.07) is 17.7. The molecule has 2 rings (SSSR count). The van der Waals surface area contributed by atoms with Crippen LogP contribution in [0.2, 0.25) is 5.02 Å². The molecule has 0 bridgehead atoms. The average molecular weight is 320 g/mol. The van der Waals surface area contributed by atoms with Gasteiger partial charge in [0.15, 0.2) is 0 Å². The van der Waals surface area contributed by atoms with Gasteiger partial charge in [-0.1, -0.05) is 41.9 Å². The summed E-state index contributed by atoms with van der Waals surface area (Å²) < 4.78 is 0. The Morgan fingerprint density at radius 3 is 2.48 bits per heavy atom. The SMILES string of the molecule is O=C(Cc1ccc(Cl)cc1)NCCCSc1ccccc1. The number of nitrogens with one attached hydrogen (secondary N) is 1. The summed E-state index contributed by atoms with van der Waals surface area (Å²) >= 11 is 7.63. The number of carbonyl (C=O) groups excluding carboxylic acids is 1. The first kappa shape index (κ1) is 15.9. The third kappa shape index (κ3) is 6.23. The first-order valence-electron chi connectivity index (χ1n) is 6.93. The van der Waals surface area contributed by atoms with Crippen LogP contribution in [0.5, 0.6) is 0 Å². The van der Waals surface area contributed by atoms with Gasteiger partial charge in [-0.2, -0.15) is 0 Å². The molecule has 2 aromatic carbocycles. The van der Waals surface area contributed by atoms with E-state index >= 15 is 0 Å². The highest BCUT2D eigenvalue weighted by atomic mass is 35.5. The maximum atomic E-state index is 11.8. The van der Waals surface area contributed by atoms with E-state index in [1.54, 1.807) is 12.1 Å². The highest BCUT2D eigenvalue weighted by Gasteiger charge is 2.02. The van der Waals surface area contributed by atoms with E-state index in [0.717, 1.165) is 17.7 Å². The van der Waals surface area contributed by atoms with Crippen LogP contribution < -0.4 is 5.32 Å². The zero-order valence-electron chi connectivity index (χ0n) is 11.7. The molecule has 0 aliphatic heterocycles. The van der Waals surface area contributed by atoms with Crippen molar-refractivity contribution in [2.24, 2.45) is 0 Å². The number of amides is 1. The Balaban J connectivity index is 1.60. The monoisotopic (exact) mass is 319 g/mol. The average Bonchev–Trinajstić information content (AvgIpc) is 2.50. The lowest BCUT2D eigenvalue weighted by molar-refractivity contribution is -0.120. The van der Waals surface area contributed by atoms with Crippen molar-refractivity contribution >= 4 is 29.3 Å². The lowest BCUT2D eigenvalue weighted by Crippen LogP contribution is -2.26. The Morgan fingerprint density at radius 1 is 1.05 bits per heavy atom. The molecule has 0 fully saturated rings. The zero-order chi connectivity index (χ0) is 14.9. The third-order valence-corrected chi connectivity index (χ3v) is 4.28. The number of carbonyl (C=O) groups is 1. The summed E-state index contributed by atoms with van der Waals surface area (Å²) in [5, 5.41) is 3.64. The van der Waals surface area contributed by atoms with Gasteiger partial charge in [-0.05, 0) is 42.0 Å². The molecular formula is C17H18ClNOS. The van der Waals surface area contributed by atoms with Gasteiger partial charge in [0.05, 0.1) is 6.42 Å². The lowest BCUT2D eigenvalue weighted by atomic mass is 10.1. The minimum Gasteiger partial charge on any atom is -0.356 e. The van der Waals surface area contributed by atoms with Gasteiger partial charge in [0.25, 0.3) is 0 Å². The molecule has 0 saturated carbocycles. The van der Waals surface area contributed by atoms with Crippen molar-refractivity contribution in [2.45, 2.75) is 17.7 Å². The maximum absolute atomic E-state index is 11.8. The second-order valence-corrected chi connectivity index (χ2v) is 6.27. The quantitative estimate of drug-likeness (QED) is 0.612. The Bertz CT molecular complexity index is 557. The van der Waals surface area contributed by atoms with Crippen molar-refractivity contribution in [3.8, 4) is 0 Å². The van der Waals surface area contributed by atoms with Crippen molar-refractivity contribution in [1.82, 2.24) is 5.32 Å². The second-order valence-electron chi connectivity index (χ2n) is 4.67. The van der Waals surface area contributed by atoms with E-state index in [1.165, 1.54) is 4.90 Å². The van der Waals surface area contributed by atoms with Crippen LogP contribution >= 0.6 is 23.4 Å². The summed E-state index contributed by atoms with van der Waals surface area (Å²) in [4.78, 5) is 13.0. The normalized spacial score (nSPS) is 10.3. The van der Waals surface area contributed by atoms with Crippen LogP contribution in [0.15, 0.2) is 59.5 Å². The summed E-state index contributed by atoms with van der Waals surface area (Å²) in [6.45, 7) is 0.715. The van der Waals surface area contributed by atoms with Crippen molar-refractivity contribution in [3.63, 3.8) is 0 Å². The summed E-state index contributed by atoms with van der Waals surface area (Å²) in [7, 11) is 0. The summed E-state index contributed by atoms with van der Waals surface area (Å²) in [5.41, 5.74) is 0.982. The van der Waals surface area contributed by atoms with E-state index in [0.29, 0.717) is 18.0 Å². The van der Waals surface area contributed by atoms with E-state index in [2.05, 4.69) is 17.4 Å². The molecule has 0 aromatic heterocycles. The number of hydrogen-bond acceptors (Lipinski definition) is 2. The van der Waals surface area contributed by atoms with E-state index in [9.17, 15) is 4.79 Å². The summed E-state index contributed by atoms with van der Waals surface area (Å²) in [5.74, 6) is 1.06. The first-order valence-corrected chi connectivity index (χ1v) is 8.29. The topological polar surface area (TPSA) is 29.1 Å². The molecule has 0 saturated heterocycles. The molecule has 0 atom stereocenters. The number of rotatable bonds is 7. The van der Waals surface area contributed by atoms with E-state index < -0.39 is 0 Å². The van der Waals surface area contributed by atoms with Crippen LogP contribution in [-0.2, 0) is 11.2 Å². The largest absolute Gasteiger partial charge is 0.356 e. The van der Waals surface area contributed by atoms with Gasteiger partial charge in [-0.3, -0.25) is 4.79 Å². The predicted molar refractivity (Wildman–Crippen MR) is 89.9 cm³/mol. The zero-order valence-corrected chi connectivity index (χ0v) is 13.3. The van der Waals surface area contributed by atoms with Crippen LogP contribution in [0.1, 0.15) is 12.0 Å². The molecule has 0 heterocycles. The van der Waals surface area contributed by atoms with Gasteiger partial charge in [-0.15, -0.1) is 11.8 Å². The fourth-order valence-corrected chi connectivity index (χ4v) is 2.86. The summed E-state index contributed by atoms with van der Waals surface area (Å²) in [6.07, 6.45) is 1.37. The molecule has 110 valence electrons. The van der Waals surface area contributed by atoms with Gasteiger partial charge in [-0.25, -0.2) is 0 Å². The standard InChI is InChI=1S/C17H18ClNOS/c18-15-9-7-14(8-10-15)13-17(20)19-11-4-12-21-16-5-2-1-3-6-16/h1-3,5-10H,4,11-13H2,(H,19,20). The van der Waals surface area contributed by atoms with Crippen molar-refractivity contribution in [3.05, 3.63) is 65.2 Å². The Kier molecular flexibility index (Phi) is 6.64. The molecule has 0 aliphatic rings. The third-order valence-electron chi connectivity index (χ3n) is 2.93. The predicted octanol–water partition coefficient (Wildman–Crippen LogP) is 4.18. The number of hydrogen-bond donors (Lipinski definition) is 1. The van der Waals surface area contributed by atoms with Gasteiger partial charge < -0.3 is 5.32 Å². The Hall–Kier alpha value is -1.45. The van der Waals surface area contributed by atoms with Gasteiger partial charge in [0.1, 0.15) is 0 Å². The first-order chi connectivity index (χ1) is 10.2. The Morgan fingerprint density at radius 2 is 1.76 bits per heavy atom. The van der Waals surface area contributed by atoms with Crippen LogP contribution in [0.3, 0.4) is 0 Å².